The monoisotopic (exact) mass is 276 g/mol. The van der Waals surface area contributed by atoms with Crippen molar-refractivity contribution in [1.29, 1.82) is 0 Å². The highest BCUT2D eigenvalue weighted by Crippen LogP contribution is 2.30. The number of hydrogen-bond acceptors (Lipinski definition) is 4. The lowest BCUT2D eigenvalue weighted by Crippen LogP contribution is -2.54. The molecule has 0 radical (unpaired) electrons. The van der Waals surface area contributed by atoms with Crippen molar-refractivity contribution < 1.29 is 9.59 Å². The summed E-state index contributed by atoms with van der Waals surface area (Å²) in [6.07, 6.45) is 0. The Hall–Kier alpha value is -2.08. The SMILES string of the molecule is C[C@H](N)C(=O)NC1CN(C)c2ccccc2N(C)C1=O. The van der Waals surface area contributed by atoms with Gasteiger partial charge in [-0.2, -0.15) is 0 Å². The molecule has 0 aromatic heterocycles. The summed E-state index contributed by atoms with van der Waals surface area (Å²) in [6.45, 7) is 2.01. The average molecular weight is 276 g/mol. The summed E-state index contributed by atoms with van der Waals surface area (Å²) in [6, 6.07) is 6.42. The van der Waals surface area contributed by atoms with Gasteiger partial charge in [0.15, 0.2) is 0 Å². The van der Waals surface area contributed by atoms with Gasteiger partial charge in [-0.3, -0.25) is 9.59 Å². The van der Waals surface area contributed by atoms with Crippen LogP contribution < -0.4 is 20.9 Å². The van der Waals surface area contributed by atoms with Crippen molar-refractivity contribution in [2.45, 2.75) is 19.0 Å². The van der Waals surface area contributed by atoms with Crippen LogP contribution in [0.25, 0.3) is 0 Å². The maximum absolute atomic E-state index is 12.5. The number of anilines is 2. The van der Waals surface area contributed by atoms with Gasteiger partial charge in [-0.25, -0.2) is 0 Å². The zero-order valence-corrected chi connectivity index (χ0v) is 12.0. The van der Waals surface area contributed by atoms with Crippen LogP contribution in [0, 0.1) is 0 Å². The molecule has 20 heavy (non-hydrogen) atoms. The number of rotatable bonds is 2. The number of nitrogens with one attached hydrogen (secondary N) is 1. The minimum atomic E-state index is -0.635. The third kappa shape index (κ3) is 2.60. The van der Waals surface area contributed by atoms with E-state index in [0.717, 1.165) is 11.4 Å². The van der Waals surface area contributed by atoms with E-state index in [2.05, 4.69) is 5.32 Å². The molecule has 1 unspecified atom stereocenters. The van der Waals surface area contributed by atoms with E-state index in [1.807, 2.05) is 36.2 Å². The van der Waals surface area contributed by atoms with Crippen LogP contribution >= 0.6 is 0 Å². The summed E-state index contributed by atoms with van der Waals surface area (Å²) < 4.78 is 0. The van der Waals surface area contributed by atoms with Gasteiger partial charge in [0.25, 0.3) is 5.91 Å². The zero-order chi connectivity index (χ0) is 14.9. The van der Waals surface area contributed by atoms with Crippen LogP contribution in [0.3, 0.4) is 0 Å². The van der Waals surface area contributed by atoms with Crippen LogP contribution in [-0.2, 0) is 9.59 Å². The molecule has 6 nitrogen and oxygen atoms in total. The van der Waals surface area contributed by atoms with Gasteiger partial charge < -0.3 is 20.9 Å². The summed E-state index contributed by atoms with van der Waals surface area (Å²) in [5.41, 5.74) is 7.33. The Balaban J connectivity index is 2.29. The highest BCUT2D eigenvalue weighted by atomic mass is 16.2. The number of benzene rings is 1. The lowest BCUT2D eigenvalue weighted by atomic mass is 10.2. The van der Waals surface area contributed by atoms with E-state index in [1.54, 1.807) is 18.9 Å². The first-order valence-corrected chi connectivity index (χ1v) is 6.55. The van der Waals surface area contributed by atoms with Crippen molar-refractivity contribution in [1.82, 2.24) is 5.32 Å². The molecule has 2 atom stereocenters. The summed E-state index contributed by atoms with van der Waals surface area (Å²) in [4.78, 5) is 27.7. The lowest BCUT2D eigenvalue weighted by Gasteiger charge is -2.23. The molecule has 2 rings (SSSR count). The molecule has 0 saturated heterocycles. The van der Waals surface area contributed by atoms with Crippen molar-refractivity contribution in [3.05, 3.63) is 24.3 Å². The number of nitrogens with zero attached hydrogens (tertiary/aromatic N) is 2. The van der Waals surface area contributed by atoms with Crippen molar-refractivity contribution >= 4 is 23.2 Å². The fourth-order valence-corrected chi connectivity index (χ4v) is 2.28. The standard InChI is InChI=1S/C14H20N4O2/c1-9(15)13(19)16-10-8-17(2)11-6-4-5-7-12(11)18(3)14(10)20/h4-7,9-10H,8,15H2,1-3H3,(H,16,19)/t9-,10?/m0/s1. The summed E-state index contributed by atoms with van der Waals surface area (Å²) in [5, 5.41) is 2.71. The number of hydrogen-bond donors (Lipinski definition) is 2. The molecule has 0 saturated carbocycles. The minimum Gasteiger partial charge on any atom is -0.370 e. The van der Waals surface area contributed by atoms with Gasteiger partial charge in [0.2, 0.25) is 5.91 Å². The highest BCUT2D eigenvalue weighted by Gasteiger charge is 2.31. The number of carbonyl (C=O) groups excluding carboxylic acids is 2. The summed E-state index contributed by atoms with van der Waals surface area (Å²) in [7, 11) is 3.61. The van der Waals surface area contributed by atoms with E-state index in [0.29, 0.717) is 6.54 Å². The molecule has 108 valence electrons. The topological polar surface area (TPSA) is 78.7 Å². The van der Waals surface area contributed by atoms with Crippen LogP contribution in [0.2, 0.25) is 0 Å². The summed E-state index contributed by atoms with van der Waals surface area (Å²) in [5.74, 6) is -0.466. The van der Waals surface area contributed by atoms with E-state index < -0.39 is 12.1 Å². The largest absolute Gasteiger partial charge is 0.370 e. The number of nitrogens with two attached hydrogens (primary N) is 1. The third-order valence-corrected chi connectivity index (χ3v) is 3.47. The minimum absolute atomic E-state index is 0.143. The predicted octanol–water partition coefficient (Wildman–Crippen LogP) is -0.0688. The molecular weight excluding hydrogens is 256 g/mol. The van der Waals surface area contributed by atoms with E-state index >= 15 is 0 Å². The fourth-order valence-electron chi connectivity index (χ4n) is 2.28. The predicted molar refractivity (Wildman–Crippen MR) is 78.7 cm³/mol. The second kappa shape index (κ2) is 5.50. The number of carbonyl (C=O) groups is 2. The average Bonchev–Trinajstić information content (AvgIpc) is 2.51. The maximum atomic E-state index is 12.5. The summed E-state index contributed by atoms with van der Waals surface area (Å²) >= 11 is 0. The molecule has 0 spiro atoms. The molecule has 3 N–H and O–H groups in total. The first-order valence-electron chi connectivity index (χ1n) is 6.55. The lowest BCUT2D eigenvalue weighted by molar-refractivity contribution is -0.127. The molecule has 1 aromatic rings. The van der Waals surface area contributed by atoms with Crippen molar-refractivity contribution in [2.24, 2.45) is 5.73 Å². The number of para-hydroxylation sites is 2. The normalized spacial score (nSPS) is 20.2. The Labute approximate surface area is 118 Å². The first-order chi connectivity index (χ1) is 9.41. The maximum Gasteiger partial charge on any atom is 0.251 e. The number of likely N-dealkylation sites (N-methyl/N-ethyl adjacent to an activating group) is 2. The van der Waals surface area contributed by atoms with Gasteiger partial charge in [-0.15, -0.1) is 0 Å². The van der Waals surface area contributed by atoms with Crippen molar-refractivity contribution in [2.75, 3.05) is 30.4 Å². The third-order valence-electron chi connectivity index (χ3n) is 3.47. The second-order valence-electron chi connectivity index (χ2n) is 5.12. The van der Waals surface area contributed by atoms with Gasteiger partial charge in [0.05, 0.1) is 17.4 Å². The van der Waals surface area contributed by atoms with Gasteiger partial charge >= 0.3 is 0 Å². The Morgan fingerprint density at radius 3 is 2.55 bits per heavy atom. The number of amides is 2. The van der Waals surface area contributed by atoms with E-state index in [9.17, 15) is 9.59 Å². The van der Waals surface area contributed by atoms with Gasteiger partial charge in [-0.1, -0.05) is 12.1 Å². The van der Waals surface area contributed by atoms with Crippen molar-refractivity contribution in [3.63, 3.8) is 0 Å². The highest BCUT2D eigenvalue weighted by molar-refractivity contribution is 6.03. The molecule has 0 fully saturated rings. The zero-order valence-electron chi connectivity index (χ0n) is 12.0. The van der Waals surface area contributed by atoms with Crippen LogP contribution in [0.5, 0.6) is 0 Å². The number of fused-ring (bicyclic) bond motifs is 1. The Morgan fingerprint density at radius 1 is 1.35 bits per heavy atom. The van der Waals surface area contributed by atoms with E-state index in [1.165, 1.54) is 0 Å². The molecule has 1 aliphatic rings. The van der Waals surface area contributed by atoms with Crippen LogP contribution in [-0.4, -0.2) is 44.5 Å². The van der Waals surface area contributed by atoms with Gasteiger partial charge in [-0.05, 0) is 19.1 Å². The van der Waals surface area contributed by atoms with Gasteiger partial charge in [0, 0.05) is 20.6 Å². The molecular formula is C14H20N4O2. The molecule has 1 heterocycles. The second-order valence-corrected chi connectivity index (χ2v) is 5.12. The van der Waals surface area contributed by atoms with Crippen LogP contribution in [0.1, 0.15) is 6.92 Å². The smallest absolute Gasteiger partial charge is 0.251 e. The van der Waals surface area contributed by atoms with E-state index in [4.69, 9.17) is 5.73 Å². The van der Waals surface area contributed by atoms with Crippen LogP contribution in [0.4, 0.5) is 11.4 Å². The first kappa shape index (κ1) is 14.3. The Kier molecular flexibility index (Phi) is 3.94. The fraction of sp³-hybridized carbons (Fsp3) is 0.429. The molecule has 2 amide bonds. The Morgan fingerprint density at radius 2 is 1.95 bits per heavy atom. The van der Waals surface area contributed by atoms with Gasteiger partial charge in [0.1, 0.15) is 6.04 Å². The van der Waals surface area contributed by atoms with Crippen LogP contribution in [0.15, 0.2) is 24.3 Å². The molecule has 0 aliphatic carbocycles. The molecule has 0 bridgehead atoms. The molecule has 6 heteroatoms. The molecule has 1 aromatic carbocycles. The molecule has 1 aliphatic heterocycles. The van der Waals surface area contributed by atoms with Crippen molar-refractivity contribution in [3.8, 4) is 0 Å². The van der Waals surface area contributed by atoms with E-state index in [-0.39, 0.29) is 11.8 Å². The quantitative estimate of drug-likeness (QED) is 0.792. The Bertz CT molecular complexity index is 530.